The van der Waals surface area contributed by atoms with E-state index in [1.54, 1.807) is 24.5 Å². The smallest absolute Gasteiger partial charge is 0.0991 e. The predicted octanol–water partition coefficient (Wildman–Crippen LogP) is 3.78. The van der Waals surface area contributed by atoms with Crippen LogP contribution in [0.2, 0.25) is 5.02 Å². The molecule has 0 saturated carbocycles. The molecule has 0 saturated heterocycles. The van der Waals surface area contributed by atoms with Crippen LogP contribution in [0, 0.1) is 11.3 Å². The van der Waals surface area contributed by atoms with E-state index in [9.17, 15) is 0 Å². The molecule has 18 heavy (non-hydrogen) atoms. The monoisotopic (exact) mass is 257 g/mol. The molecular formula is C14H12ClN3. The van der Waals surface area contributed by atoms with Crippen LogP contribution in [-0.4, -0.2) is 4.98 Å². The molecule has 3 nitrogen and oxygen atoms in total. The van der Waals surface area contributed by atoms with Crippen LogP contribution in [0.1, 0.15) is 24.1 Å². The Morgan fingerprint density at radius 2 is 2.22 bits per heavy atom. The van der Waals surface area contributed by atoms with Crippen molar-refractivity contribution in [2.24, 2.45) is 0 Å². The molecule has 0 spiro atoms. The van der Waals surface area contributed by atoms with E-state index in [-0.39, 0.29) is 6.04 Å². The highest BCUT2D eigenvalue weighted by atomic mass is 35.5. The third-order valence-electron chi connectivity index (χ3n) is 2.66. The normalized spacial score (nSPS) is 11.6. The first-order chi connectivity index (χ1) is 8.70. The number of pyridine rings is 1. The summed E-state index contributed by atoms with van der Waals surface area (Å²) in [5, 5.41) is 12.8. The minimum atomic E-state index is 0.0556. The lowest BCUT2D eigenvalue weighted by Gasteiger charge is -2.16. The van der Waals surface area contributed by atoms with Crippen LogP contribution < -0.4 is 5.32 Å². The van der Waals surface area contributed by atoms with E-state index >= 15 is 0 Å². The minimum absolute atomic E-state index is 0.0556. The van der Waals surface area contributed by atoms with E-state index < -0.39 is 0 Å². The molecule has 0 fully saturated rings. The fourth-order valence-electron chi connectivity index (χ4n) is 1.68. The number of nitrogens with one attached hydrogen (secondary N) is 1. The van der Waals surface area contributed by atoms with Gasteiger partial charge in [0, 0.05) is 12.2 Å². The van der Waals surface area contributed by atoms with Gasteiger partial charge in [-0.25, -0.2) is 0 Å². The van der Waals surface area contributed by atoms with Crippen molar-refractivity contribution < 1.29 is 0 Å². The van der Waals surface area contributed by atoms with Crippen LogP contribution >= 0.6 is 11.6 Å². The fourth-order valence-corrected chi connectivity index (χ4v) is 1.84. The topological polar surface area (TPSA) is 48.7 Å². The maximum atomic E-state index is 8.88. The maximum Gasteiger partial charge on any atom is 0.0991 e. The van der Waals surface area contributed by atoms with E-state index in [4.69, 9.17) is 16.9 Å². The summed E-state index contributed by atoms with van der Waals surface area (Å²) < 4.78 is 0. The summed E-state index contributed by atoms with van der Waals surface area (Å²) >= 11 is 6.06. The predicted molar refractivity (Wildman–Crippen MR) is 72.4 cm³/mol. The summed E-state index contributed by atoms with van der Waals surface area (Å²) in [6, 6.07) is 11.4. The zero-order valence-electron chi connectivity index (χ0n) is 9.89. The van der Waals surface area contributed by atoms with E-state index in [1.807, 2.05) is 25.1 Å². The number of nitriles is 1. The standard InChI is InChI=1S/C14H12ClN3/c1-10(12-4-2-3-11(7-12)8-16)18-14-9-17-6-5-13(14)15/h2-7,9-10,18H,1H3. The van der Waals surface area contributed by atoms with Gasteiger partial charge in [0.1, 0.15) is 0 Å². The number of rotatable bonds is 3. The SMILES string of the molecule is CC(Nc1cnccc1Cl)c1cccc(C#N)c1. The lowest BCUT2D eigenvalue weighted by atomic mass is 10.1. The average Bonchev–Trinajstić information content (AvgIpc) is 2.41. The van der Waals surface area contributed by atoms with Crippen LogP contribution in [0.5, 0.6) is 0 Å². The van der Waals surface area contributed by atoms with Gasteiger partial charge in [-0.3, -0.25) is 4.98 Å². The van der Waals surface area contributed by atoms with Gasteiger partial charge in [0.2, 0.25) is 0 Å². The van der Waals surface area contributed by atoms with Crippen LogP contribution in [0.3, 0.4) is 0 Å². The second-order valence-corrected chi connectivity index (χ2v) is 4.37. The van der Waals surface area contributed by atoms with Crippen molar-refractivity contribution in [3.8, 4) is 6.07 Å². The Kier molecular flexibility index (Phi) is 3.81. The van der Waals surface area contributed by atoms with Crippen molar-refractivity contribution in [1.82, 2.24) is 4.98 Å². The fraction of sp³-hybridized carbons (Fsp3) is 0.143. The Labute approximate surface area is 111 Å². The molecule has 0 aliphatic rings. The van der Waals surface area contributed by atoms with Gasteiger partial charge in [0.05, 0.1) is 28.5 Å². The number of nitrogens with zero attached hydrogens (tertiary/aromatic N) is 2. The van der Waals surface area contributed by atoms with Crippen molar-refractivity contribution in [3.63, 3.8) is 0 Å². The molecule has 1 N–H and O–H groups in total. The first-order valence-electron chi connectivity index (χ1n) is 5.57. The molecule has 0 amide bonds. The molecule has 0 bridgehead atoms. The van der Waals surface area contributed by atoms with Crippen LogP contribution in [0.25, 0.3) is 0 Å². The van der Waals surface area contributed by atoms with Gasteiger partial charge < -0.3 is 5.32 Å². The molecule has 1 atom stereocenters. The van der Waals surface area contributed by atoms with E-state index in [1.165, 1.54) is 0 Å². The molecule has 0 radical (unpaired) electrons. The molecule has 1 unspecified atom stereocenters. The molecule has 2 rings (SSSR count). The van der Waals surface area contributed by atoms with Crippen molar-refractivity contribution in [3.05, 3.63) is 58.9 Å². The van der Waals surface area contributed by atoms with Gasteiger partial charge in [0.15, 0.2) is 0 Å². The van der Waals surface area contributed by atoms with E-state index in [2.05, 4.69) is 16.4 Å². The third kappa shape index (κ3) is 2.79. The highest BCUT2D eigenvalue weighted by Crippen LogP contribution is 2.25. The Morgan fingerprint density at radius 3 is 2.94 bits per heavy atom. The van der Waals surface area contributed by atoms with Gasteiger partial charge in [0.25, 0.3) is 0 Å². The number of benzene rings is 1. The molecule has 1 aromatic heterocycles. The van der Waals surface area contributed by atoms with Gasteiger partial charge in [-0.05, 0) is 30.7 Å². The Morgan fingerprint density at radius 1 is 1.39 bits per heavy atom. The molecule has 0 aliphatic carbocycles. The van der Waals surface area contributed by atoms with Gasteiger partial charge in [-0.15, -0.1) is 0 Å². The summed E-state index contributed by atoms with van der Waals surface area (Å²) in [5.74, 6) is 0. The minimum Gasteiger partial charge on any atom is -0.376 e. The zero-order valence-corrected chi connectivity index (χ0v) is 10.6. The van der Waals surface area contributed by atoms with E-state index in [0.717, 1.165) is 11.3 Å². The quantitative estimate of drug-likeness (QED) is 0.910. The molecule has 90 valence electrons. The molecule has 2 aromatic rings. The van der Waals surface area contributed by atoms with Crippen LogP contribution in [-0.2, 0) is 0 Å². The molecule has 0 aliphatic heterocycles. The Bertz CT molecular complexity index is 590. The number of hydrogen-bond donors (Lipinski definition) is 1. The molecule has 1 aromatic carbocycles. The first-order valence-corrected chi connectivity index (χ1v) is 5.94. The molecule has 4 heteroatoms. The van der Waals surface area contributed by atoms with Crippen molar-refractivity contribution >= 4 is 17.3 Å². The van der Waals surface area contributed by atoms with E-state index in [0.29, 0.717) is 10.6 Å². The summed E-state index contributed by atoms with van der Waals surface area (Å²) in [4.78, 5) is 4.03. The maximum absolute atomic E-state index is 8.88. The van der Waals surface area contributed by atoms with Gasteiger partial charge in [-0.2, -0.15) is 5.26 Å². The average molecular weight is 258 g/mol. The largest absolute Gasteiger partial charge is 0.376 e. The second kappa shape index (κ2) is 5.52. The highest BCUT2D eigenvalue weighted by Gasteiger charge is 2.08. The number of hydrogen-bond acceptors (Lipinski definition) is 3. The van der Waals surface area contributed by atoms with Crippen molar-refractivity contribution in [1.29, 1.82) is 5.26 Å². The summed E-state index contributed by atoms with van der Waals surface area (Å²) in [7, 11) is 0. The van der Waals surface area contributed by atoms with Gasteiger partial charge in [-0.1, -0.05) is 23.7 Å². The number of anilines is 1. The number of aromatic nitrogens is 1. The molecular weight excluding hydrogens is 246 g/mol. The highest BCUT2D eigenvalue weighted by molar-refractivity contribution is 6.33. The summed E-state index contributed by atoms with van der Waals surface area (Å²) in [5.41, 5.74) is 2.47. The Balaban J connectivity index is 2.20. The van der Waals surface area contributed by atoms with Gasteiger partial charge >= 0.3 is 0 Å². The van der Waals surface area contributed by atoms with Crippen molar-refractivity contribution in [2.45, 2.75) is 13.0 Å². The van der Waals surface area contributed by atoms with Crippen LogP contribution in [0.4, 0.5) is 5.69 Å². The zero-order chi connectivity index (χ0) is 13.0. The third-order valence-corrected chi connectivity index (χ3v) is 2.99. The lowest BCUT2D eigenvalue weighted by Crippen LogP contribution is -2.07. The number of halogens is 1. The summed E-state index contributed by atoms with van der Waals surface area (Å²) in [6.45, 7) is 2.01. The second-order valence-electron chi connectivity index (χ2n) is 3.96. The lowest BCUT2D eigenvalue weighted by molar-refractivity contribution is 0.882. The first kappa shape index (κ1) is 12.4. The summed E-state index contributed by atoms with van der Waals surface area (Å²) in [6.07, 6.45) is 3.33. The Hall–Kier alpha value is -2.05. The van der Waals surface area contributed by atoms with Crippen molar-refractivity contribution in [2.75, 3.05) is 5.32 Å². The van der Waals surface area contributed by atoms with Crippen LogP contribution in [0.15, 0.2) is 42.7 Å². The molecule has 1 heterocycles.